The Kier molecular flexibility index (Phi) is 5.27. The van der Waals surface area contributed by atoms with Gasteiger partial charge in [-0.2, -0.15) is 5.90 Å². The van der Waals surface area contributed by atoms with Crippen molar-refractivity contribution in [3.05, 3.63) is 69.3 Å². The fraction of sp³-hybridized carbons (Fsp3) is 0.188. The van der Waals surface area contributed by atoms with Crippen molar-refractivity contribution >= 4 is 11.7 Å². The molecule has 2 aromatic carbocycles. The van der Waals surface area contributed by atoms with Crippen molar-refractivity contribution < 1.29 is 19.7 Å². The first kappa shape index (κ1) is 16.4. The maximum Gasteiger partial charge on any atom is 0.339 e. The summed E-state index contributed by atoms with van der Waals surface area (Å²) in [4.78, 5) is 25.8. The van der Waals surface area contributed by atoms with Crippen molar-refractivity contribution in [2.45, 2.75) is 19.3 Å². The highest BCUT2D eigenvalue weighted by atomic mass is 16.6. The number of rotatable bonds is 7. The Morgan fingerprint density at radius 1 is 1.13 bits per heavy atom. The molecule has 0 heterocycles. The Hall–Kier alpha value is -2.93. The molecule has 0 spiro atoms. The summed E-state index contributed by atoms with van der Waals surface area (Å²) in [5, 5.41) is 19.7. The molecule has 0 aliphatic rings. The van der Waals surface area contributed by atoms with E-state index in [1.54, 1.807) is 24.3 Å². The summed E-state index contributed by atoms with van der Waals surface area (Å²) in [6.45, 7) is 0. The van der Waals surface area contributed by atoms with Crippen molar-refractivity contribution in [2.75, 3.05) is 0 Å². The molecule has 0 atom stereocenters. The summed E-state index contributed by atoms with van der Waals surface area (Å²) in [6, 6.07) is 11.3. The number of carboxylic acid groups (broad SMARTS) is 1. The van der Waals surface area contributed by atoms with E-state index in [0.717, 1.165) is 24.0 Å². The van der Waals surface area contributed by atoms with Gasteiger partial charge in [-0.05, 0) is 42.5 Å². The van der Waals surface area contributed by atoms with E-state index < -0.39 is 10.9 Å². The topological polar surface area (TPSA) is 116 Å². The molecule has 0 saturated heterocycles. The number of nitro groups is 1. The molecule has 0 amide bonds. The van der Waals surface area contributed by atoms with E-state index in [1.807, 2.05) is 0 Å². The molecular weight excluding hydrogens is 300 g/mol. The van der Waals surface area contributed by atoms with E-state index in [0.29, 0.717) is 6.42 Å². The zero-order valence-corrected chi connectivity index (χ0v) is 12.3. The third-order valence-electron chi connectivity index (χ3n) is 3.48. The molecule has 120 valence electrons. The van der Waals surface area contributed by atoms with Gasteiger partial charge in [0.2, 0.25) is 0 Å². The molecule has 7 heteroatoms. The summed E-state index contributed by atoms with van der Waals surface area (Å²) >= 11 is 0. The van der Waals surface area contributed by atoms with Gasteiger partial charge in [-0.25, -0.2) is 4.79 Å². The van der Waals surface area contributed by atoms with E-state index in [9.17, 15) is 14.9 Å². The lowest BCUT2D eigenvalue weighted by Gasteiger charge is -2.07. The highest BCUT2D eigenvalue weighted by Gasteiger charge is 2.12. The Morgan fingerprint density at radius 2 is 1.74 bits per heavy atom. The Morgan fingerprint density at radius 3 is 2.30 bits per heavy atom. The Labute approximate surface area is 132 Å². The SMILES string of the molecule is NOc1ccc(CCCc2ccc([N+](=O)[O-])cc2)cc1C(=O)O. The lowest BCUT2D eigenvalue weighted by atomic mass is 10.0. The summed E-state index contributed by atoms with van der Waals surface area (Å²) in [6.07, 6.45) is 2.22. The molecule has 2 rings (SSSR count). The summed E-state index contributed by atoms with van der Waals surface area (Å²) < 4.78 is 0. The van der Waals surface area contributed by atoms with Crippen LogP contribution in [0.2, 0.25) is 0 Å². The minimum atomic E-state index is -1.09. The van der Waals surface area contributed by atoms with E-state index in [2.05, 4.69) is 4.84 Å². The van der Waals surface area contributed by atoms with Gasteiger partial charge in [0.1, 0.15) is 5.56 Å². The second kappa shape index (κ2) is 7.37. The molecule has 0 unspecified atom stereocenters. The standard InChI is InChI=1S/C16H16N2O5/c17-23-15-9-6-12(10-14(15)16(19)20)3-1-2-11-4-7-13(8-5-11)18(21)22/h4-10H,1-3,17H2,(H,19,20). The summed E-state index contributed by atoms with van der Waals surface area (Å²) in [5.74, 6) is 4.06. The van der Waals surface area contributed by atoms with Crippen LogP contribution in [0.15, 0.2) is 42.5 Å². The number of aryl methyl sites for hydroxylation is 2. The summed E-state index contributed by atoms with van der Waals surface area (Å²) in [5.41, 5.74) is 1.96. The molecule has 2 aromatic rings. The predicted octanol–water partition coefficient (Wildman–Crippen LogP) is 2.72. The molecule has 0 fully saturated rings. The molecule has 0 radical (unpaired) electrons. The number of hydrogen-bond donors (Lipinski definition) is 2. The van der Waals surface area contributed by atoms with Crippen molar-refractivity contribution in [1.29, 1.82) is 0 Å². The number of nitrogens with two attached hydrogens (primary N) is 1. The zero-order chi connectivity index (χ0) is 16.8. The molecular formula is C16H16N2O5. The average Bonchev–Trinajstić information content (AvgIpc) is 2.55. The van der Waals surface area contributed by atoms with E-state index in [4.69, 9.17) is 11.0 Å². The fourth-order valence-corrected chi connectivity index (χ4v) is 2.28. The van der Waals surface area contributed by atoms with Gasteiger partial charge >= 0.3 is 5.97 Å². The lowest BCUT2D eigenvalue weighted by molar-refractivity contribution is -0.384. The molecule has 0 bridgehead atoms. The van der Waals surface area contributed by atoms with E-state index >= 15 is 0 Å². The van der Waals surface area contributed by atoms with E-state index in [-0.39, 0.29) is 17.0 Å². The van der Waals surface area contributed by atoms with Crippen LogP contribution in [0.3, 0.4) is 0 Å². The Balaban J connectivity index is 1.97. The van der Waals surface area contributed by atoms with Gasteiger partial charge in [0.05, 0.1) is 4.92 Å². The highest BCUT2D eigenvalue weighted by molar-refractivity contribution is 5.91. The van der Waals surface area contributed by atoms with E-state index in [1.165, 1.54) is 18.2 Å². The fourth-order valence-electron chi connectivity index (χ4n) is 2.28. The smallest absolute Gasteiger partial charge is 0.339 e. The molecule has 0 saturated carbocycles. The largest absolute Gasteiger partial charge is 0.478 e. The van der Waals surface area contributed by atoms with Gasteiger partial charge in [-0.3, -0.25) is 10.1 Å². The number of non-ortho nitro benzene ring substituents is 1. The van der Waals surface area contributed by atoms with Crippen molar-refractivity contribution in [1.82, 2.24) is 0 Å². The van der Waals surface area contributed by atoms with Crippen LogP contribution in [0.4, 0.5) is 5.69 Å². The van der Waals surface area contributed by atoms with Crippen LogP contribution in [0.5, 0.6) is 5.75 Å². The van der Waals surface area contributed by atoms with Gasteiger partial charge < -0.3 is 9.94 Å². The zero-order valence-electron chi connectivity index (χ0n) is 12.3. The first-order valence-corrected chi connectivity index (χ1v) is 6.97. The minimum Gasteiger partial charge on any atom is -0.478 e. The monoisotopic (exact) mass is 316 g/mol. The molecule has 7 nitrogen and oxygen atoms in total. The van der Waals surface area contributed by atoms with Crippen LogP contribution < -0.4 is 10.7 Å². The second-order valence-corrected chi connectivity index (χ2v) is 5.03. The molecule has 0 aliphatic heterocycles. The quantitative estimate of drug-likeness (QED) is 0.599. The number of nitrogens with zero attached hydrogens (tertiary/aromatic N) is 1. The van der Waals surface area contributed by atoms with Crippen LogP contribution >= 0.6 is 0 Å². The third kappa shape index (κ3) is 4.27. The van der Waals surface area contributed by atoms with Crippen molar-refractivity contribution in [2.24, 2.45) is 5.90 Å². The normalized spacial score (nSPS) is 10.3. The lowest BCUT2D eigenvalue weighted by Crippen LogP contribution is -2.08. The van der Waals surface area contributed by atoms with Gasteiger partial charge in [0.15, 0.2) is 5.75 Å². The summed E-state index contributed by atoms with van der Waals surface area (Å²) in [7, 11) is 0. The molecule has 3 N–H and O–H groups in total. The maximum absolute atomic E-state index is 11.1. The van der Waals surface area contributed by atoms with Crippen LogP contribution in [0.25, 0.3) is 0 Å². The third-order valence-corrected chi connectivity index (χ3v) is 3.48. The maximum atomic E-state index is 11.1. The molecule has 0 aromatic heterocycles. The first-order valence-electron chi connectivity index (χ1n) is 6.97. The van der Waals surface area contributed by atoms with Gasteiger partial charge in [-0.15, -0.1) is 0 Å². The van der Waals surface area contributed by atoms with Crippen LogP contribution in [0.1, 0.15) is 27.9 Å². The second-order valence-electron chi connectivity index (χ2n) is 5.03. The first-order chi connectivity index (χ1) is 11.0. The van der Waals surface area contributed by atoms with Crippen LogP contribution in [-0.2, 0) is 12.8 Å². The van der Waals surface area contributed by atoms with Crippen molar-refractivity contribution in [3.8, 4) is 5.75 Å². The Bertz CT molecular complexity index is 713. The molecule has 0 aliphatic carbocycles. The van der Waals surface area contributed by atoms with Crippen LogP contribution in [-0.4, -0.2) is 16.0 Å². The number of carboxylic acids is 1. The molecule has 23 heavy (non-hydrogen) atoms. The van der Waals surface area contributed by atoms with Crippen molar-refractivity contribution in [3.63, 3.8) is 0 Å². The number of benzene rings is 2. The number of nitro benzene ring substituents is 1. The van der Waals surface area contributed by atoms with Crippen LogP contribution in [0, 0.1) is 10.1 Å². The van der Waals surface area contributed by atoms with Gasteiger partial charge in [-0.1, -0.05) is 18.2 Å². The average molecular weight is 316 g/mol. The number of carbonyl (C=O) groups is 1. The van der Waals surface area contributed by atoms with Gasteiger partial charge in [0.25, 0.3) is 5.69 Å². The highest BCUT2D eigenvalue weighted by Crippen LogP contribution is 2.21. The number of hydrogen-bond acceptors (Lipinski definition) is 5. The van der Waals surface area contributed by atoms with Gasteiger partial charge in [0, 0.05) is 12.1 Å². The number of aromatic carboxylic acids is 1. The predicted molar refractivity (Wildman–Crippen MR) is 83.3 cm³/mol. The minimum absolute atomic E-state index is 0.0281.